The van der Waals surface area contributed by atoms with Crippen molar-refractivity contribution in [2.75, 3.05) is 18.9 Å². The van der Waals surface area contributed by atoms with E-state index < -0.39 is 0 Å². The monoisotopic (exact) mass is 368 g/mol. The van der Waals surface area contributed by atoms with Gasteiger partial charge in [0, 0.05) is 27.7 Å². The number of hydrogen-bond donors (Lipinski definition) is 2. The zero-order valence-corrected chi connectivity index (χ0v) is 13.9. The van der Waals surface area contributed by atoms with Crippen molar-refractivity contribution in [3.8, 4) is 0 Å². The Morgan fingerprint density at radius 1 is 1.48 bits per heavy atom. The minimum absolute atomic E-state index is 0.112. The molecule has 0 saturated carbocycles. The van der Waals surface area contributed by atoms with Gasteiger partial charge in [0.2, 0.25) is 0 Å². The first-order chi connectivity index (χ1) is 10.1. The second kappa shape index (κ2) is 6.34. The number of anilines is 1. The van der Waals surface area contributed by atoms with Crippen LogP contribution in [0.3, 0.4) is 0 Å². The molecule has 0 aliphatic carbocycles. The molecule has 1 aromatic carbocycles. The summed E-state index contributed by atoms with van der Waals surface area (Å²) in [5, 5.41) is 3.86. The summed E-state index contributed by atoms with van der Waals surface area (Å²) in [5.41, 5.74) is 6.67. The van der Waals surface area contributed by atoms with Crippen LogP contribution >= 0.6 is 27.3 Å². The number of carbonyl (C=O) groups is 1. The number of nitrogens with one attached hydrogen (secondary N) is 1. The van der Waals surface area contributed by atoms with Gasteiger partial charge in [-0.2, -0.15) is 0 Å². The molecule has 3 N–H and O–H groups in total. The number of halogens is 1. The van der Waals surface area contributed by atoms with Crippen molar-refractivity contribution in [2.24, 2.45) is 0 Å². The summed E-state index contributed by atoms with van der Waals surface area (Å²) in [6, 6.07) is 5.87. The molecule has 1 saturated heterocycles. The minimum atomic E-state index is -0.112. The highest BCUT2D eigenvalue weighted by atomic mass is 79.9. The standard InChI is InChI=1S/C15H17BrN2O2S/c16-9-4-5-12-11(7-9)13(17)14(21-12)15(19)18-8-10-3-1-2-6-20-10/h4-5,7,10H,1-3,6,8,17H2,(H,18,19). The van der Waals surface area contributed by atoms with Crippen molar-refractivity contribution in [3.63, 3.8) is 0 Å². The molecule has 2 aromatic rings. The molecule has 112 valence electrons. The number of thiophene rings is 1. The lowest BCUT2D eigenvalue weighted by Crippen LogP contribution is -2.35. The van der Waals surface area contributed by atoms with Crippen LogP contribution < -0.4 is 11.1 Å². The lowest BCUT2D eigenvalue weighted by atomic mass is 10.1. The van der Waals surface area contributed by atoms with Gasteiger partial charge >= 0.3 is 0 Å². The fourth-order valence-corrected chi connectivity index (χ4v) is 3.89. The Hall–Kier alpha value is -1.11. The molecule has 0 spiro atoms. The predicted molar refractivity (Wildman–Crippen MR) is 89.9 cm³/mol. The summed E-state index contributed by atoms with van der Waals surface area (Å²) in [5.74, 6) is -0.112. The van der Waals surface area contributed by atoms with E-state index >= 15 is 0 Å². The van der Waals surface area contributed by atoms with E-state index in [9.17, 15) is 4.79 Å². The van der Waals surface area contributed by atoms with Gasteiger partial charge in [-0.25, -0.2) is 0 Å². The number of fused-ring (bicyclic) bond motifs is 1. The average molecular weight is 369 g/mol. The second-order valence-corrected chi connectivity index (χ2v) is 7.15. The molecule has 1 atom stereocenters. The highest BCUT2D eigenvalue weighted by Crippen LogP contribution is 2.35. The number of benzene rings is 1. The molecule has 1 aliphatic heterocycles. The van der Waals surface area contributed by atoms with Crippen LogP contribution in [-0.2, 0) is 4.74 Å². The number of nitrogen functional groups attached to an aromatic ring is 1. The minimum Gasteiger partial charge on any atom is -0.397 e. The maximum atomic E-state index is 12.3. The number of carbonyl (C=O) groups excluding carboxylic acids is 1. The van der Waals surface area contributed by atoms with E-state index in [-0.39, 0.29) is 12.0 Å². The van der Waals surface area contributed by atoms with Crippen molar-refractivity contribution >= 4 is 48.9 Å². The Morgan fingerprint density at radius 2 is 2.33 bits per heavy atom. The van der Waals surface area contributed by atoms with Crippen LogP contribution in [0.25, 0.3) is 10.1 Å². The van der Waals surface area contributed by atoms with E-state index in [1.54, 1.807) is 0 Å². The fraction of sp³-hybridized carbons (Fsp3) is 0.400. The Labute approximate surface area is 135 Å². The lowest BCUT2D eigenvalue weighted by Gasteiger charge is -2.22. The molecule has 0 bridgehead atoms. The maximum absolute atomic E-state index is 12.3. The first-order valence-corrected chi connectivity index (χ1v) is 8.63. The van der Waals surface area contributed by atoms with Crippen molar-refractivity contribution in [2.45, 2.75) is 25.4 Å². The van der Waals surface area contributed by atoms with Crippen LogP contribution in [0.1, 0.15) is 28.9 Å². The molecule has 1 aliphatic rings. The summed E-state index contributed by atoms with van der Waals surface area (Å²) < 4.78 is 7.60. The molecular formula is C15H17BrN2O2S. The number of amides is 1. The molecular weight excluding hydrogens is 352 g/mol. The first-order valence-electron chi connectivity index (χ1n) is 7.02. The topological polar surface area (TPSA) is 64.4 Å². The summed E-state index contributed by atoms with van der Waals surface area (Å²) in [6.45, 7) is 1.34. The van der Waals surface area contributed by atoms with E-state index in [1.807, 2.05) is 18.2 Å². The molecule has 4 nitrogen and oxygen atoms in total. The van der Waals surface area contributed by atoms with Crippen LogP contribution in [-0.4, -0.2) is 25.2 Å². The van der Waals surface area contributed by atoms with Crippen LogP contribution in [0.5, 0.6) is 0 Å². The van der Waals surface area contributed by atoms with E-state index in [0.717, 1.165) is 34.0 Å². The Kier molecular flexibility index (Phi) is 4.47. The van der Waals surface area contributed by atoms with Gasteiger partial charge in [-0.1, -0.05) is 15.9 Å². The van der Waals surface area contributed by atoms with Gasteiger partial charge in [0.1, 0.15) is 4.88 Å². The van der Waals surface area contributed by atoms with Crippen molar-refractivity contribution in [1.29, 1.82) is 0 Å². The van der Waals surface area contributed by atoms with E-state index in [2.05, 4.69) is 21.2 Å². The number of rotatable bonds is 3. The maximum Gasteiger partial charge on any atom is 0.263 e. The van der Waals surface area contributed by atoms with E-state index in [0.29, 0.717) is 17.1 Å². The second-order valence-electron chi connectivity index (χ2n) is 5.18. The molecule has 1 amide bonds. The zero-order chi connectivity index (χ0) is 14.8. The molecule has 1 fully saturated rings. The number of nitrogens with two attached hydrogens (primary N) is 1. The van der Waals surface area contributed by atoms with Crippen molar-refractivity contribution in [1.82, 2.24) is 5.32 Å². The zero-order valence-electron chi connectivity index (χ0n) is 11.5. The van der Waals surface area contributed by atoms with Gasteiger partial charge in [0.05, 0.1) is 11.8 Å². The van der Waals surface area contributed by atoms with E-state index in [4.69, 9.17) is 10.5 Å². The van der Waals surface area contributed by atoms with Crippen LogP contribution in [0.15, 0.2) is 22.7 Å². The molecule has 1 unspecified atom stereocenters. The normalized spacial score (nSPS) is 18.8. The van der Waals surface area contributed by atoms with Gasteiger partial charge in [0.15, 0.2) is 0 Å². The van der Waals surface area contributed by atoms with Crippen LogP contribution in [0.2, 0.25) is 0 Å². The van der Waals surface area contributed by atoms with Crippen molar-refractivity contribution in [3.05, 3.63) is 27.5 Å². The van der Waals surface area contributed by atoms with Gasteiger partial charge in [0.25, 0.3) is 5.91 Å². The van der Waals surface area contributed by atoms with Gasteiger partial charge < -0.3 is 15.8 Å². The average Bonchev–Trinajstić information content (AvgIpc) is 2.83. The van der Waals surface area contributed by atoms with Gasteiger partial charge in [-0.15, -0.1) is 11.3 Å². The first kappa shape index (κ1) is 14.8. The van der Waals surface area contributed by atoms with Gasteiger partial charge in [-0.05, 0) is 37.5 Å². The molecule has 3 rings (SSSR count). The third kappa shape index (κ3) is 3.22. The van der Waals surface area contributed by atoms with Crippen LogP contribution in [0, 0.1) is 0 Å². The smallest absolute Gasteiger partial charge is 0.263 e. The fourth-order valence-electron chi connectivity index (χ4n) is 2.51. The molecule has 0 radical (unpaired) electrons. The molecule has 2 heterocycles. The molecule has 6 heteroatoms. The molecule has 1 aromatic heterocycles. The summed E-state index contributed by atoms with van der Waals surface area (Å²) >= 11 is 4.86. The summed E-state index contributed by atoms with van der Waals surface area (Å²) in [7, 11) is 0. The third-order valence-electron chi connectivity index (χ3n) is 3.66. The van der Waals surface area contributed by atoms with Crippen LogP contribution in [0.4, 0.5) is 5.69 Å². The summed E-state index contributed by atoms with van der Waals surface area (Å²) in [4.78, 5) is 12.9. The SMILES string of the molecule is Nc1c(C(=O)NCC2CCCCO2)sc2ccc(Br)cc12. The van der Waals surface area contributed by atoms with E-state index in [1.165, 1.54) is 17.8 Å². The summed E-state index contributed by atoms with van der Waals surface area (Å²) in [6.07, 6.45) is 3.42. The number of hydrogen-bond acceptors (Lipinski definition) is 4. The highest BCUT2D eigenvalue weighted by Gasteiger charge is 2.19. The van der Waals surface area contributed by atoms with Gasteiger partial charge in [-0.3, -0.25) is 4.79 Å². The Balaban J connectivity index is 1.73. The highest BCUT2D eigenvalue weighted by molar-refractivity contribution is 9.10. The third-order valence-corrected chi connectivity index (χ3v) is 5.34. The largest absolute Gasteiger partial charge is 0.397 e. The number of ether oxygens (including phenoxy) is 1. The molecule has 21 heavy (non-hydrogen) atoms. The quantitative estimate of drug-likeness (QED) is 0.870. The predicted octanol–water partition coefficient (Wildman–Crippen LogP) is 3.54. The Bertz CT molecular complexity index is 665. The lowest BCUT2D eigenvalue weighted by molar-refractivity contribution is 0.0169. The van der Waals surface area contributed by atoms with Crippen molar-refractivity contribution < 1.29 is 9.53 Å². The Morgan fingerprint density at radius 3 is 3.10 bits per heavy atom.